The fourth-order valence-corrected chi connectivity index (χ4v) is 3.53. The highest BCUT2D eigenvalue weighted by Gasteiger charge is 2.30. The van der Waals surface area contributed by atoms with Crippen molar-refractivity contribution < 1.29 is 28.6 Å². The first-order valence-corrected chi connectivity index (χ1v) is 9.67. The maximum atomic E-state index is 13.1. The molecule has 1 saturated heterocycles. The number of hydrogen-bond donors (Lipinski definition) is 0. The van der Waals surface area contributed by atoms with Crippen LogP contribution in [0.3, 0.4) is 0 Å². The Balaban J connectivity index is 1.84. The zero-order valence-electron chi connectivity index (χ0n) is 16.4. The van der Waals surface area contributed by atoms with E-state index in [1.807, 2.05) is 0 Å². The molecule has 1 aliphatic heterocycles. The number of methoxy groups -OCH3 is 1. The highest BCUT2D eigenvalue weighted by molar-refractivity contribution is 8.18. The molecule has 7 nitrogen and oxygen atoms in total. The molecule has 0 aromatic heterocycles. The molecule has 0 saturated carbocycles. The summed E-state index contributed by atoms with van der Waals surface area (Å²) in [5, 5.41) is 11.3. The third-order valence-electron chi connectivity index (χ3n) is 4.18. The van der Waals surface area contributed by atoms with E-state index < -0.39 is 12.1 Å². The number of aliphatic carboxylic acids is 1. The Labute approximate surface area is 176 Å². The molecule has 0 radical (unpaired) electrons. The minimum atomic E-state index is -1.34. The average molecular weight is 429 g/mol. The summed E-state index contributed by atoms with van der Waals surface area (Å²) in [5.74, 6) is -1.37. The van der Waals surface area contributed by atoms with Gasteiger partial charge < -0.3 is 19.4 Å². The van der Waals surface area contributed by atoms with Gasteiger partial charge in [0.2, 0.25) is 0 Å². The van der Waals surface area contributed by atoms with E-state index in [0.29, 0.717) is 27.1 Å². The topological polar surface area (TPSA) is 91.3 Å². The van der Waals surface area contributed by atoms with Crippen molar-refractivity contribution in [3.8, 4) is 11.5 Å². The number of carbonyl (C=O) groups is 2. The number of carboxylic acids is 1. The van der Waals surface area contributed by atoms with Crippen molar-refractivity contribution >= 4 is 40.6 Å². The molecule has 2 aromatic rings. The van der Waals surface area contributed by atoms with Crippen LogP contribution in [0.1, 0.15) is 12.5 Å². The molecule has 2 aromatic carbocycles. The van der Waals surface area contributed by atoms with E-state index in [-0.39, 0.29) is 17.5 Å². The minimum absolute atomic E-state index is 0.231. The number of aliphatic imine (C=N–C) groups is 1. The molecule has 3 rings (SSSR count). The van der Waals surface area contributed by atoms with Gasteiger partial charge in [0.1, 0.15) is 11.9 Å². The summed E-state index contributed by atoms with van der Waals surface area (Å²) in [4.78, 5) is 29.7. The minimum Gasteiger partial charge on any atom is -0.546 e. The average Bonchev–Trinajstić information content (AvgIpc) is 2.98. The number of ether oxygens (including phenoxy) is 2. The number of carboxylic acid groups (broad SMARTS) is 1. The van der Waals surface area contributed by atoms with Crippen LogP contribution in [-0.2, 0) is 9.59 Å². The summed E-state index contributed by atoms with van der Waals surface area (Å²) in [6.07, 6.45) is 0.527. The van der Waals surface area contributed by atoms with E-state index in [1.165, 1.54) is 55.0 Å². The smallest absolute Gasteiger partial charge is 0.266 e. The predicted molar refractivity (Wildman–Crippen MR) is 110 cm³/mol. The van der Waals surface area contributed by atoms with Gasteiger partial charge in [-0.15, -0.1) is 0 Å². The van der Waals surface area contributed by atoms with Gasteiger partial charge in [-0.3, -0.25) is 9.69 Å². The number of halogens is 1. The number of nitrogens with zero attached hydrogens (tertiary/aromatic N) is 2. The van der Waals surface area contributed by atoms with Crippen LogP contribution in [0.5, 0.6) is 11.5 Å². The number of amides is 1. The molecule has 30 heavy (non-hydrogen) atoms. The Bertz CT molecular complexity index is 1040. The predicted octanol–water partition coefficient (Wildman–Crippen LogP) is 2.59. The number of likely N-dealkylation sites (N-methyl/N-ethyl adjacent to an activating group) is 1. The zero-order valence-corrected chi connectivity index (χ0v) is 17.2. The largest absolute Gasteiger partial charge is 0.546 e. The first kappa shape index (κ1) is 21.4. The fraction of sp³-hybridized carbons (Fsp3) is 0.190. The van der Waals surface area contributed by atoms with Gasteiger partial charge in [-0.2, -0.15) is 0 Å². The van der Waals surface area contributed by atoms with Crippen molar-refractivity contribution in [2.24, 2.45) is 4.99 Å². The molecule has 0 spiro atoms. The molecule has 0 unspecified atom stereocenters. The van der Waals surface area contributed by atoms with Gasteiger partial charge >= 0.3 is 0 Å². The van der Waals surface area contributed by atoms with Crippen molar-refractivity contribution in [1.82, 2.24) is 4.90 Å². The fourth-order valence-electron chi connectivity index (χ4n) is 2.54. The third kappa shape index (κ3) is 4.80. The second-order valence-corrected chi connectivity index (χ2v) is 7.34. The lowest BCUT2D eigenvalue weighted by Crippen LogP contribution is -2.37. The van der Waals surface area contributed by atoms with Crippen LogP contribution in [0, 0.1) is 5.82 Å². The van der Waals surface area contributed by atoms with Crippen molar-refractivity contribution in [3.05, 3.63) is 58.8 Å². The highest BCUT2D eigenvalue weighted by atomic mass is 32.2. The lowest BCUT2D eigenvalue weighted by molar-refractivity contribution is -0.312. The summed E-state index contributed by atoms with van der Waals surface area (Å²) < 4.78 is 23.6. The van der Waals surface area contributed by atoms with Gasteiger partial charge in [0.15, 0.2) is 16.7 Å². The number of amidine groups is 1. The van der Waals surface area contributed by atoms with Gasteiger partial charge in [-0.05, 0) is 66.7 Å². The Kier molecular flexibility index (Phi) is 6.41. The van der Waals surface area contributed by atoms with Crippen LogP contribution in [-0.4, -0.2) is 42.2 Å². The Morgan fingerprint density at radius 2 is 1.93 bits per heavy atom. The third-order valence-corrected chi connectivity index (χ3v) is 5.24. The molecule has 1 aliphatic rings. The van der Waals surface area contributed by atoms with Crippen LogP contribution >= 0.6 is 11.8 Å². The number of rotatable bonds is 6. The number of thioether (sulfide) groups is 1. The quantitative estimate of drug-likeness (QED) is 0.656. The molecule has 1 amide bonds. The molecule has 1 atom stereocenters. The monoisotopic (exact) mass is 429 g/mol. The summed E-state index contributed by atoms with van der Waals surface area (Å²) in [7, 11) is 3.04. The van der Waals surface area contributed by atoms with Crippen LogP contribution < -0.4 is 14.6 Å². The lowest BCUT2D eigenvalue weighted by atomic mass is 10.2. The Hall–Kier alpha value is -3.33. The molecule has 1 heterocycles. The molecule has 0 bridgehead atoms. The maximum absolute atomic E-state index is 13.1. The molecular weight excluding hydrogens is 411 g/mol. The van der Waals surface area contributed by atoms with Crippen molar-refractivity contribution in [2.45, 2.75) is 13.0 Å². The van der Waals surface area contributed by atoms with Crippen molar-refractivity contribution in [1.29, 1.82) is 0 Å². The number of hydrogen-bond acceptors (Lipinski definition) is 7. The highest BCUT2D eigenvalue weighted by Crippen LogP contribution is 2.35. The van der Waals surface area contributed by atoms with E-state index in [1.54, 1.807) is 31.3 Å². The van der Waals surface area contributed by atoms with E-state index >= 15 is 0 Å². The van der Waals surface area contributed by atoms with Crippen molar-refractivity contribution in [2.75, 3.05) is 14.2 Å². The lowest BCUT2D eigenvalue weighted by Gasteiger charge is -2.17. The summed E-state index contributed by atoms with van der Waals surface area (Å²) in [6, 6.07) is 10.5. The van der Waals surface area contributed by atoms with E-state index in [2.05, 4.69) is 4.99 Å². The molecule has 0 aliphatic carbocycles. The standard InChI is InChI=1S/C21H19FN2O5S/c1-12(20(26)27)29-16-9-4-13(10-17(16)28-3)11-18-19(25)24(2)21(30-18)23-15-7-5-14(22)6-8-15/h4-12H,1-3H3,(H,26,27)/p-1/b18-11-,23-21?/t12-/m0/s1. The first-order valence-electron chi connectivity index (χ1n) is 8.86. The van der Waals surface area contributed by atoms with Crippen LogP contribution in [0.2, 0.25) is 0 Å². The first-order chi connectivity index (χ1) is 14.3. The van der Waals surface area contributed by atoms with E-state index in [9.17, 15) is 19.1 Å². The van der Waals surface area contributed by atoms with Gasteiger partial charge in [0.05, 0.1) is 23.7 Å². The molecule has 9 heteroatoms. The van der Waals surface area contributed by atoms with Crippen LogP contribution in [0.25, 0.3) is 6.08 Å². The van der Waals surface area contributed by atoms with Gasteiger partial charge in [-0.1, -0.05) is 6.07 Å². The van der Waals surface area contributed by atoms with Crippen molar-refractivity contribution in [3.63, 3.8) is 0 Å². The van der Waals surface area contributed by atoms with Crippen LogP contribution in [0.15, 0.2) is 52.4 Å². The summed E-state index contributed by atoms with van der Waals surface area (Å²) in [6.45, 7) is 1.36. The Morgan fingerprint density at radius 3 is 2.57 bits per heavy atom. The number of carbonyl (C=O) groups excluding carboxylic acids is 2. The summed E-state index contributed by atoms with van der Waals surface area (Å²) in [5.41, 5.74) is 1.19. The van der Waals surface area contributed by atoms with Crippen LogP contribution in [0.4, 0.5) is 10.1 Å². The molecule has 1 fully saturated rings. The Morgan fingerprint density at radius 1 is 1.23 bits per heavy atom. The van der Waals surface area contributed by atoms with E-state index in [4.69, 9.17) is 9.47 Å². The van der Waals surface area contributed by atoms with Gasteiger partial charge in [-0.25, -0.2) is 9.38 Å². The second kappa shape index (κ2) is 9.00. The molecular formula is C21H18FN2O5S-. The SMILES string of the molecule is COc1cc(/C=C2\SC(=Nc3ccc(F)cc3)N(C)C2=O)ccc1O[C@@H](C)C(=O)[O-]. The second-order valence-electron chi connectivity index (χ2n) is 6.34. The van der Waals surface area contributed by atoms with Gasteiger partial charge in [0.25, 0.3) is 5.91 Å². The maximum Gasteiger partial charge on any atom is 0.266 e. The normalized spacial score (nSPS) is 17.5. The van der Waals surface area contributed by atoms with E-state index in [0.717, 1.165) is 0 Å². The molecule has 0 N–H and O–H groups in total. The van der Waals surface area contributed by atoms with Gasteiger partial charge in [0, 0.05) is 7.05 Å². The number of benzene rings is 2. The molecule has 156 valence electrons. The zero-order chi connectivity index (χ0) is 21.8. The summed E-state index contributed by atoms with van der Waals surface area (Å²) >= 11 is 1.19.